The average Bonchev–Trinajstić information content (AvgIpc) is 2.55. The second kappa shape index (κ2) is 7.59. The highest BCUT2D eigenvalue weighted by molar-refractivity contribution is 6.06. The summed E-state index contributed by atoms with van der Waals surface area (Å²) in [6.45, 7) is 5.97. The van der Waals surface area contributed by atoms with Crippen LogP contribution in [-0.2, 0) is 4.79 Å². The first kappa shape index (κ1) is 17.5. The molecule has 0 aliphatic carbocycles. The second-order valence-corrected chi connectivity index (χ2v) is 5.77. The zero-order valence-corrected chi connectivity index (χ0v) is 14.1. The number of allylic oxidation sites excluding steroid dienone is 1. The Hall–Kier alpha value is -2.88. The van der Waals surface area contributed by atoms with Crippen LogP contribution in [0.2, 0.25) is 0 Å². The molecule has 0 saturated carbocycles. The van der Waals surface area contributed by atoms with Gasteiger partial charge in [0.1, 0.15) is 5.75 Å². The Balaban J connectivity index is 2.09. The normalized spacial score (nSPS) is 10.8. The molecule has 24 heavy (non-hydrogen) atoms. The van der Waals surface area contributed by atoms with E-state index in [1.165, 1.54) is 11.1 Å². The van der Waals surface area contributed by atoms with E-state index in [9.17, 15) is 9.59 Å². The molecule has 0 aliphatic rings. The first-order chi connectivity index (χ1) is 11.4. The van der Waals surface area contributed by atoms with E-state index in [0.717, 1.165) is 11.1 Å². The van der Waals surface area contributed by atoms with Crippen molar-refractivity contribution >= 4 is 17.8 Å². The van der Waals surface area contributed by atoms with Crippen LogP contribution in [0.5, 0.6) is 5.75 Å². The van der Waals surface area contributed by atoms with Crippen LogP contribution in [0.15, 0.2) is 42.5 Å². The van der Waals surface area contributed by atoms with Crippen molar-refractivity contribution in [2.75, 3.05) is 6.61 Å². The van der Waals surface area contributed by atoms with Crippen LogP contribution in [0.1, 0.15) is 32.6 Å². The highest BCUT2D eigenvalue weighted by Crippen LogP contribution is 2.18. The van der Waals surface area contributed by atoms with Crippen molar-refractivity contribution in [3.63, 3.8) is 0 Å². The summed E-state index contributed by atoms with van der Waals surface area (Å²) in [6, 6.07) is 10.8. The number of nitrogens with two attached hydrogens (primary N) is 1. The molecule has 0 heterocycles. The van der Waals surface area contributed by atoms with E-state index < -0.39 is 5.91 Å². The molecule has 0 atom stereocenters. The van der Waals surface area contributed by atoms with Gasteiger partial charge in [0.15, 0.2) is 12.4 Å². The zero-order valence-electron chi connectivity index (χ0n) is 14.1. The predicted molar refractivity (Wildman–Crippen MR) is 95.1 cm³/mol. The molecule has 0 aromatic heterocycles. The Labute approximate surface area is 141 Å². The predicted octanol–water partition coefficient (Wildman–Crippen LogP) is 3.37. The van der Waals surface area contributed by atoms with Gasteiger partial charge in [0, 0.05) is 5.56 Å². The van der Waals surface area contributed by atoms with Crippen molar-refractivity contribution in [1.29, 1.82) is 0 Å². The number of carbonyl (C=O) groups is 2. The van der Waals surface area contributed by atoms with E-state index in [1.54, 1.807) is 30.3 Å². The molecule has 0 bridgehead atoms. The minimum Gasteiger partial charge on any atom is -0.484 e. The van der Waals surface area contributed by atoms with Gasteiger partial charge in [-0.2, -0.15) is 0 Å². The van der Waals surface area contributed by atoms with Crippen LogP contribution in [0.4, 0.5) is 0 Å². The minimum absolute atomic E-state index is 0.0888. The number of rotatable bonds is 6. The topological polar surface area (TPSA) is 69.4 Å². The Morgan fingerprint density at radius 3 is 2.25 bits per heavy atom. The van der Waals surface area contributed by atoms with Crippen LogP contribution in [0.25, 0.3) is 6.08 Å². The van der Waals surface area contributed by atoms with E-state index in [4.69, 9.17) is 10.5 Å². The van der Waals surface area contributed by atoms with Gasteiger partial charge in [0.25, 0.3) is 5.91 Å². The zero-order chi connectivity index (χ0) is 17.7. The molecule has 2 aromatic carbocycles. The van der Waals surface area contributed by atoms with Gasteiger partial charge in [0.05, 0.1) is 0 Å². The summed E-state index contributed by atoms with van der Waals surface area (Å²) in [7, 11) is 0. The molecule has 0 aliphatic heterocycles. The van der Waals surface area contributed by atoms with Gasteiger partial charge in [-0.25, -0.2) is 0 Å². The number of hydrogen-bond donors (Lipinski definition) is 1. The minimum atomic E-state index is -0.540. The fraction of sp³-hybridized carbons (Fsp3) is 0.200. The van der Waals surface area contributed by atoms with Crippen LogP contribution in [0.3, 0.4) is 0 Å². The van der Waals surface area contributed by atoms with Gasteiger partial charge < -0.3 is 10.5 Å². The first-order valence-corrected chi connectivity index (χ1v) is 7.68. The van der Waals surface area contributed by atoms with Crippen LogP contribution >= 0.6 is 0 Å². The molecule has 2 aromatic rings. The summed E-state index contributed by atoms with van der Waals surface area (Å²) in [4.78, 5) is 22.9. The molecule has 0 unspecified atom stereocenters. The molecule has 2 rings (SSSR count). The molecule has 124 valence electrons. The summed E-state index contributed by atoms with van der Waals surface area (Å²) >= 11 is 0. The Morgan fingerprint density at radius 2 is 1.62 bits per heavy atom. The maximum Gasteiger partial charge on any atom is 0.255 e. The molecule has 4 heteroatoms. The molecule has 0 fully saturated rings. The fourth-order valence-corrected chi connectivity index (χ4v) is 2.29. The van der Waals surface area contributed by atoms with Gasteiger partial charge in [-0.3, -0.25) is 9.59 Å². The summed E-state index contributed by atoms with van der Waals surface area (Å²) in [5, 5.41) is 0. The molecule has 0 spiro atoms. The van der Waals surface area contributed by atoms with Crippen molar-refractivity contribution in [3.8, 4) is 5.75 Å². The van der Waals surface area contributed by atoms with Gasteiger partial charge in [-0.15, -0.1) is 0 Å². The standard InChI is InChI=1S/C20H21NO3/c1-13-10-15(3)17(11-14(13)2)6-9-19(22)16-4-7-18(8-5-16)24-12-20(21)23/h4-11H,12H2,1-3H3,(H2,21,23)/b9-6+. The third-order valence-corrected chi connectivity index (χ3v) is 3.82. The van der Waals surface area contributed by atoms with Gasteiger partial charge >= 0.3 is 0 Å². The van der Waals surface area contributed by atoms with E-state index in [0.29, 0.717) is 11.3 Å². The summed E-state index contributed by atoms with van der Waals surface area (Å²) < 4.78 is 5.17. The number of primary amides is 1. The van der Waals surface area contributed by atoms with Crippen LogP contribution in [-0.4, -0.2) is 18.3 Å². The van der Waals surface area contributed by atoms with Crippen molar-refractivity contribution in [3.05, 3.63) is 70.3 Å². The lowest BCUT2D eigenvalue weighted by Crippen LogP contribution is -2.19. The van der Waals surface area contributed by atoms with E-state index in [2.05, 4.69) is 26.0 Å². The Morgan fingerprint density at radius 1 is 1.00 bits per heavy atom. The van der Waals surface area contributed by atoms with Crippen molar-refractivity contribution < 1.29 is 14.3 Å². The van der Waals surface area contributed by atoms with Gasteiger partial charge in [-0.1, -0.05) is 18.2 Å². The van der Waals surface area contributed by atoms with Gasteiger partial charge in [-0.05, 0) is 73.4 Å². The summed E-state index contributed by atoms with van der Waals surface area (Å²) in [5.74, 6) is -0.129. The monoisotopic (exact) mass is 323 g/mol. The SMILES string of the molecule is Cc1cc(C)c(/C=C/C(=O)c2ccc(OCC(N)=O)cc2)cc1C. The summed E-state index contributed by atoms with van der Waals surface area (Å²) in [5.41, 5.74) is 10.2. The van der Waals surface area contributed by atoms with E-state index in [1.807, 2.05) is 13.0 Å². The first-order valence-electron chi connectivity index (χ1n) is 7.68. The molecular weight excluding hydrogens is 302 g/mol. The van der Waals surface area contributed by atoms with Crippen molar-refractivity contribution in [1.82, 2.24) is 0 Å². The Bertz CT molecular complexity index is 789. The molecule has 0 radical (unpaired) electrons. The molecular formula is C20H21NO3. The highest BCUT2D eigenvalue weighted by atomic mass is 16.5. The number of ether oxygens (including phenoxy) is 1. The summed E-state index contributed by atoms with van der Waals surface area (Å²) in [6.07, 6.45) is 3.40. The number of benzene rings is 2. The highest BCUT2D eigenvalue weighted by Gasteiger charge is 2.04. The lowest BCUT2D eigenvalue weighted by molar-refractivity contribution is -0.119. The quantitative estimate of drug-likeness (QED) is 0.654. The van der Waals surface area contributed by atoms with E-state index >= 15 is 0 Å². The molecule has 0 saturated heterocycles. The van der Waals surface area contributed by atoms with E-state index in [-0.39, 0.29) is 12.4 Å². The number of hydrogen-bond acceptors (Lipinski definition) is 3. The maximum atomic E-state index is 12.3. The molecule has 1 amide bonds. The number of carbonyl (C=O) groups excluding carboxylic acids is 2. The Kier molecular flexibility index (Phi) is 5.53. The average molecular weight is 323 g/mol. The second-order valence-electron chi connectivity index (χ2n) is 5.77. The molecule has 2 N–H and O–H groups in total. The lowest BCUT2D eigenvalue weighted by Gasteiger charge is -2.06. The lowest BCUT2D eigenvalue weighted by atomic mass is 10.00. The third-order valence-electron chi connectivity index (χ3n) is 3.82. The molecule has 4 nitrogen and oxygen atoms in total. The largest absolute Gasteiger partial charge is 0.484 e. The van der Waals surface area contributed by atoms with Crippen molar-refractivity contribution in [2.45, 2.75) is 20.8 Å². The number of amides is 1. The van der Waals surface area contributed by atoms with Crippen molar-refractivity contribution in [2.24, 2.45) is 5.73 Å². The number of ketones is 1. The van der Waals surface area contributed by atoms with Crippen LogP contribution in [0, 0.1) is 20.8 Å². The van der Waals surface area contributed by atoms with Gasteiger partial charge in [0.2, 0.25) is 0 Å². The fourth-order valence-electron chi connectivity index (χ4n) is 2.29. The smallest absolute Gasteiger partial charge is 0.255 e. The number of aryl methyl sites for hydroxylation is 3. The maximum absolute atomic E-state index is 12.3. The third kappa shape index (κ3) is 4.56. The van der Waals surface area contributed by atoms with Crippen LogP contribution < -0.4 is 10.5 Å².